The molecule has 0 aliphatic carbocycles. The average molecular weight is 357 g/mol. The Labute approximate surface area is 152 Å². The van der Waals surface area contributed by atoms with Crippen LogP contribution in [-0.2, 0) is 11.3 Å². The van der Waals surface area contributed by atoms with E-state index in [2.05, 4.69) is 5.10 Å². The van der Waals surface area contributed by atoms with Crippen molar-refractivity contribution in [3.63, 3.8) is 0 Å². The van der Waals surface area contributed by atoms with Crippen molar-refractivity contribution in [2.24, 2.45) is 0 Å². The first kappa shape index (κ1) is 18.1. The third-order valence-electron chi connectivity index (χ3n) is 4.78. The Bertz CT molecular complexity index is 792. The number of hydrogen-bond donors (Lipinski definition) is 1. The topological polar surface area (TPSA) is 84.7 Å². The van der Waals surface area contributed by atoms with Crippen LogP contribution in [0.3, 0.4) is 0 Å². The van der Waals surface area contributed by atoms with Gasteiger partial charge in [0, 0.05) is 32.5 Å². The molecule has 1 aliphatic heterocycles. The van der Waals surface area contributed by atoms with E-state index >= 15 is 0 Å². The molecule has 0 saturated carbocycles. The van der Waals surface area contributed by atoms with E-state index in [4.69, 9.17) is 9.84 Å². The van der Waals surface area contributed by atoms with Crippen LogP contribution >= 0.6 is 0 Å². The largest absolute Gasteiger partial charge is 0.478 e. The van der Waals surface area contributed by atoms with E-state index in [-0.39, 0.29) is 17.5 Å². The number of carbonyl (C=O) groups is 2. The van der Waals surface area contributed by atoms with Crippen molar-refractivity contribution < 1.29 is 19.4 Å². The predicted molar refractivity (Wildman–Crippen MR) is 95.3 cm³/mol. The molecule has 1 amide bonds. The van der Waals surface area contributed by atoms with Gasteiger partial charge in [-0.15, -0.1) is 0 Å². The van der Waals surface area contributed by atoms with Crippen LogP contribution in [0.1, 0.15) is 50.9 Å². The van der Waals surface area contributed by atoms with Crippen LogP contribution in [0.5, 0.6) is 0 Å². The molecule has 0 unspecified atom stereocenters. The summed E-state index contributed by atoms with van der Waals surface area (Å²) in [4.78, 5) is 25.3. The first-order valence-corrected chi connectivity index (χ1v) is 8.67. The van der Waals surface area contributed by atoms with Crippen molar-refractivity contribution in [1.29, 1.82) is 0 Å². The zero-order valence-electron chi connectivity index (χ0n) is 15.0. The van der Waals surface area contributed by atoms with E-state index in [1.54, 1.807) is 42.4 Å². The zero-order chi connectivity index (χ0) is 18.7. The second-order valence-corrected chi connectivity index (χ2v) is 6.60. The van der Waals surface area contributed by atoms with Crippen molar-refractivity contribution in [2.75, 3.05) is 20.3 Å². The number of nitrogens with zero attached hydrogens (tertiary/aromatic N) is 3. The number of aromatic nitrogens is 2. The number of carbonyl (C=O) groups excluding carboxylic acids is 1. The first-order valence-electron chi connectivity index (χ1n) is 8.67. The number of amides is 1. The molecular weight excluding hydrogens is 334 g/mol. The van der Waals surface area contributed by atoms with Gasteiger partial charge in [-0.25, -0.2) is 4.79 Å². The highest BCUT2D eigenvalue weighted by Gasteiger charge is 2.23. The molecule has 26 heavy (non-hydrogen) atoms. The fraction of sp³-hybridized carbons (Fsp3) is 0.421. The summed E-state index contributed by atoms with van der Waals surface area (Å²) < 4.78 is 7.33. The van der Waals surface area contributed by atoms with Crippen LogP contribution < -0.4 is 0 Å². The molecule has 1 fully saturated rings. The first-order chi connectivity index (χ1) is 12.5. The number of carboxylic acids is 1. The molecule has 0 spiro atoms. The maximum atomic E-state index is 12.8. The molecule has 3 rings (SSSR count). The monoisotopic (exact) mass is 357 g/mol. The number of rotatable bonds is 5. The minimum Gasteiger partial charge on any atom is -0.478 e. The quantitative estimate of drug-likeness (QED) is 0.889. The number of benzene rings is 1. The molecule has 1 aromatic heterocycles. The lowest BCUT2D eigenvalue weighted by Crippen LogP contribution is -2.27. The smallest absolute Gasteiger partial charge is 0.335 e. The molecule has 1 N–H and O–H groups in total. The molecular formula is C19H23N3O4. The molecule has 1 aromatic carbocycles. The summed E-state index contributed by atoms with van der Waals surface area (Å²) in [5.74, 6) is -1.06. The maximum absolute atomic E-state index is 12.8. The molecule has 138 valence electrons. The molecule has 1 saturated heterocycles. The second kappa shape index (κ2) is 7.70. The van der Waals surface area contributed by atoms with Gasteiger partial charge in [-0.3, -0.25) is 9.48 Å². The molecule has 2 heterocycles. The molecule has 1 aliphatic rings. The lowest BCUT2D eigenvalue weighted by atomic mass is 10.1. The summed E-state index contributed by atoms with van der Waals surface area (Å²) in [6.07, 6.45) is 3.45. The lowest BCUT2D eigenvalue weighted by molar-refractivity contribution is 0.0655. The van der Waals surface area contributed by atoms with Gasteiger partial charge in [0.1, 0.15) is 0 Å². The van der Waals surface area contributed by atoms with Gasteiger partial charge in [-0.1, -0.05) is 12.1 Å². The Balaban J connectivity index is 1.70. The Morgan fingerprint density at radius 3 is 2.54 bits per heavy atom. The van der Waals surface area contributed by atoms with Crippen LogP contribution in [0, 0.1) is 6.92 Å². The lowest BCUT2D eigenvalue weighted by Gasteiger charge is -2.24. The van der Waals surface area contributed by atoms with Gasteiger partial charge < -0.3 is 14.7 Å². The van der Waals surface area contributed by atoms with E-state index in [1.807, 2.05) is 11.6 Å². The standard InChI is InChI=1S/C19H23N3O4/c1-13-17(11-20-22(13)16-7-9-26-10-8-16)18(23)21(2)12-14-3-5-15(6-4-14)19(24)25/h3-6,11,16H,7-10,12H2,1-2H3,(H,24,25). The normalized spacial score (nSPS) is 15.0. The molecule has 0 atom stereocenters. The van der Waals surface area contributed by atoms with Crippen LogP contribution in [-0.4, -0.2) is 51.9 Å². The Morgan fingerprint density at radius 1 is 1.27 bits per heavy atom. The summed E-state index contributed by atoms with van der Waals surface area (Å²) in [5, 5.41) is 13.4. The zero-order valence-corrected chi connectivity index (χ0v) is 15.0. The minimum atomic E-state index is -0.961. The molecule has 2 aromatic rings. The molecule has 0 bridgehead atoms. The van der Waals surface area contributed by atoms with E-state index < -0.39 is 5.97 Å². The molecule has 7 nitrogen and oxygen atoms in total. The van der Waals surface area contributed by atoms with E-state index in [0.717, 1.165) is 37.3 Å². The van der Waals surface area contributed by atoms with Gasteiger partial charge >= 0.3 is 5.97 Å². The van der Waals surface area contributed by atoms with Gasteiger partial charge in [-0.2, -0.15) is 5.10 Å². The number of carboxylic acid groups (broad SMARTS) is 1. The fourth-order valence-corrected chi connectivity index (χ4v) is 3.24. The molecule has 0 radical (unpaired) electrons. The predicted octanol–water partition coefficient (Wildman–Crippen LogP) is 2.51. The van der Waals surface area contributed by atoms with E-state index in [9.17, 15) is 9.59 Å². The summed E-state index contributed by atoms with van der Waals surface area (Å²) in [6, 6.07) is 6.82. The van der Waals surface area contributed by atoms with Crippen molar-refractivity contribution >= 4 is 11.9 Å². The maximum Gasteiger partial charge on any atom is 0.335 e. The SMILES string of the molecule is Cc1c(C(=O)N(C)Cc2ccc(C(=O)O)cc2)cnn1C1CCOCC1. The van der Waals surface area contributed by atoms with Crippen LogP contribution in [0.4, 0.5) is 0 Å². The van der Waals surface area contributed by atoms with Gasteiger partial charge in [0.25, 0.3) is 5.91 Å². The summed E-state index contributed by atoms with van der Waals surface area (Å²) >= 11 is 0. The van der Waals surface area contributed by atoms with Crippen LogP contribution in [0.25, 0.3) is 0 Å². The molecule has 7 heteroatoms. The fourth-order valence-electron chi connectivity index (χ4n) is 3.24. The van der Waals surface area contributed by atoms with Gasteiger partial charge in [0.15, 0.2) is 0 Å². The highest BCUT2D eigenvalue weighted by Crippen LogP contribution is 2.23. The summed E-state index contributed by atoms with van der Waals surface area (Å²) in [5.41, 5.74) is 2.58. The Morgan fingerprint density at radius 2 is 1.92 bits per heavy atom. The van der Waals surface area contributed by atoms with Crippen molar-refractivity contribution in [3.05, 3.63) is 52.8 Å². The number of hydrogen-bond acceptors (Lipinski definition) is 4. The van der Waals surface area contributed by atoms with Gasteiger partial charge in [0.05, 0.1) is 23.4 Å². The van der Waals surface area contributed by atoms with E-state index in [0.29, 0.717) is 12.1 Å². The number of aromatic carboxylic acids is 1. The third-order valence-corrected chi connectivity index (χ3v) is 4.78. The average Bonchev–Trinajstić information content (AvgIpc) is 3.03. The highest BCUT2D eigenvalue weighted by molar-refractivity contribution is 5.95. The Hall–Kier alpha value is -2.67. The van der Waals surface area contributed by atoms with Crippen molar-refractivity contribution in [2.45, 2.75) is 32.4 Å². The van der Waals surface area contributed by atoms with Crippen molar-refractivity contribution in [3.8, 4) is 0 Å². The second-order valence-electron chi connectivity index (χ2n) is 6.60. The van der Waals surface area contributed by atoms with Crippen LogP contribution in [0.15, 0.2) is 30.5 Å². The van der Waals surface area contributed by atoms with Crippen molar-refractivity contribution in [1.82, 2.24) is 14.7 Å². The van der Waals surface area contributed by atoms with Gasteiger partial charge in [0.2, 0.25) is 0 Å². The third kappa shape index (κ3) is 3.77. The van der Waals surface area contributed by atoms with Crippen LogP contribution in [0.2, 0.25) is 0 Å². The summed E-state index contributed by atoms with van der Waals surface area (Å²) in [7, 11) is 1.73. The van der Waals surface area contributed by atoms with E-state index in [1.165, 1.54) is 0 Å². The summed E-state index contributed by atoms with van der Waals surface area (Å²) in [6.45, 7) is 3.77. The number of ether oxygens (including phenoxy) is 1. The Kier molecular flexibility index (Phi) is 5.37. The highest BCUT2D eigenvalue weighted by atomic mass is 16.5. The minimum absolute atomic E-state index is 0.0943. The van der Waals surface area contributed by atoms with Gasteiger partial charge in [-0.05, 0) is 37.5 Å².